The Kier molecular flexibility index (Phi) is 5.43. The summed E-state index contributed by atoms with van der Waals surface area (Å²) < 4.78 is 5.17. The zero-order valence-corrected chi connectivity index (χ0v) is 11.8. The largest absolute Gasteiger partial charge is 0.465 e. The van der Waals surface area contributed by atoms with Gasteiger partial charge in [0.2, 0.25) is 0 Å². The first-order chi connectivity index (χ1) is 10.1. The lowest BCUT2D eigenvalue weighted by atomic mass is 10.1. The van der Waals surface area contributed by atoms with Crippen molar-refractivity contribution in [1.82, 2.24) is 10.2 Å². The predicted molar refractivity (Wildman–Crippen MR) is 77.0 cm³/mol. The van der Waals surface area contributed by atoms with Crippen LogP contribution in [0, 0.1) is 0 Å². The Morgan fingerprint density at radius 2 is 2.00 bits per heavy atom. The van der Waals surface area contributed by atoms with Crippen LogP contribution in [0.15, 0.2) is 30.3 Å². The van der Waals surface area contributed by atoms with Crippen molar-refractivity contribution in [3.8, 4) is 0 Å². The van der Waals surface area contributed by atoms with Crippen molar-refractivity contribution in [1.29, 1.82) is 0 Å². The highest BCUT2D eigenvalue weighted by atomic mass is 16.5. The molecule has 1 heterocycles. The number of rotatable bonds is 3. The van der Waals surface area contributed by atoms with E-state index in [0.717, 1.165) is 18.4 Å². The van der Waals surface area contributed by atoms with Gasteiger partial charge >= 0.3 is 12.2 Å². The zero-order valence-electron chi connectivity index (χ0n) is 11.8. The molecule has 1 unspecified atom stereocenters. The highest BCUT2D eigenvalue weighted by Crippen LogP contribution is 2.11. The van der Waals surface area contributed by atoms with Gasteiger partial charge in [-0.15, -0.1) is 0 Å². The predicted octanol–water partition coefficient (Wildman–Crippen LogP) is 2.45. The molecule has 1 saturated heterocycles. The summed E-state index contributed by atoms with van der Waals surface area (Å²) in [7, 11) is 0. The van der Waals surface area contributed by atoms with Crippen LogP contribution < -0.4 is 5.32 Å². The van der Waals surface area contributed by atoms with Gasteiger partial charge in [-0.2, -0.15) is 0 Å². The van der Waals surface area contributed by atoms with Crippen molar-refractivity contribution >= 4 is 12.2 Å². The van der Waals surface area contributed by atoms with Crippen LogP contribution in [-0.2, 0) is 11.3 Å². The number of carbonyl (C=O) groups is 2. The van der Waals surface area contributed by atoms with Crippen molar-refractivity contribution in [3.63, 3.8) is 0 Å². The Labute approximate surface area is 123 Å². The van der Waals surface area contributed by atoms with E-state index in [1.165, 1.54) is 4.90 Å². The molecule has 0 radical (unpaired) electrons. The molecule has 0 aliphatic carbocycles. The van der Waals surface area contributed by atoms with Crippen LogP contribution in [0.3, 0.4) is 0 Å². The second-order valence-corrected chi connectivity index (χ2v) is 5.10. The molecule has 0 aromatic heterocycles. The second-order valence-electron chi connectivity index (χ2n) is 5.10. The number of ether oxygens (including phenoxy) is 1. The fourth-order valence-corrected chi connectivity index (χ4v) is 2.36. The summed E-state index contributed by atoms with van der Waals surface area (Å²) in [6.45, 7) is 1.20. The van der Waals surface area contributed by atoms with Gasteiger partial charge in [-0.1, -0.05) is 30.3 Å². The van der Waals surface area contributed by atoms with Gasteiger partial charge in [-0.3, -0.25) is 0 Å². The lowest BCUT2D eigenvalue weighted by Crippen LogP contribution is -2.36. The van der Waals surface area contributed by atoms with Crippen LogP contribution in [0.4, 0.5) is 9.59 Å². The van der Waals surface area contributed by atoms with Crippen LogP contribution in [0.2, 0.25) is 0 Å². The van der Waals surface area contributed by atoms with Gasteiger partial charge in [0.1, 0.15) is 6.61 Å². The number of nitrogens with one attached hydrogen (secondary N) is 1. The van der Waals surface area contributed by atoms with Gasteiger partial charge in [0.25, 0.3) is 0 Å². The summed E-state index contributed by atoms with van der Waals surface area (Å²) in [5, 5.41) is 11.8. The number of hydrogen-bond donors (Lipinski definition) is 2. The Morgan fingerprint density at radius 3 is 2.71 bits per heavy atom. The summed E-state index contributed by atoms with van der Waals surface area (Å²) in [5.74, 6) is 0. The van der Waals surface area contributed by atoms with Gasteiger partial charge in [0, 0.05) is 19.1 Å². The number of carbonyl (C=O) groups excluding carboxylic acids is 1. The monoisotopic (exact) mass is 292 g/mol. The van der Waals surface area contributed by atoms with Gasteiger partial charge < -0.3 is 20.1 Å². The van der Waals surface area contributed by atoms with Crippen molar-refractivity contribution in [2.24, 2.45) is 0 Å². The summed E-state index contributed by atoms with van der Waals surface area (Å²) in [6.07, 6.45) is 0.780. The van der Waals surface area contributed by atoms with E-state index in [2.05, 4.69) is 5.32 Å². The molecule has 0 spiro atoms. The molecule has 0 saturated carbocycles. The highest BCUT2D eigenvalue weighted by molar-refractivity contribution is 5.67. The lowest BCUT2D eigenvalue weighted by Gasteiger charge is -2.17. The summed E-state index contributed by atoms with van der Waals surface area (Å²) >= 11 is 0. The lowest BCUT2D eigenvalue weighted by molar-refractivity contribution is 0.134. The van der Waals surface area contributed by atoms with E-state index in [1.54, 1.807) is 0 Å². The smallest absolute Gasteiger partial charge is 0.407 e. The van der Waals surface area contributed by atoms with Gasteiger partial charge in [-0.05, 0) is 24.8 Å². The third kappa shape index (κ3) is 4.98. The molecular weight excluding hydrogens is 272 g/mol. The van der Waals surface area contributed by atoms with Crippen molar-refractivity contribution in [3.05, 3.63) is 35.9 Å². The third-order valence-corrected chi connectivity index (χ3v) is 3.53. The first-order valence-electron chi connectivity index (χ1n) is 7.10. The molecule has 2 N–H and O–H groups in total. The third-order valence-electron chi connectivity index (χ3n) is 3.53. The Balaban J connectivity index is 1.74. The number of hydrogen-bond acceptors (Lipinski definition) is 3. The summed E-state index contributed by atoms with van der Waals surface area (Å²) in [4.78, 5) is 24.0. The first-order valence-corrected chi connectivity index (χ1v) is 7.10. The van der Waals surface area contributed by atoms with Crippen LogP contribution in [0.1, 0.15) is 24.8 Å². The van der Waals surface area contributed by atoms with Crippen LogP contribution in [0.25, 0.3) is 0 Å². The van der Waals surface area contributed by atoms with E-state index >= 15 is 0 Å². The fourth-order valence-electron chi connectivity index (χ4n) is 2.36. The van der Waals surface area contributed by atoms with E-state index in [9.17, 15) is 9.59 Å². The molecule has 2 amide bonds. The van der Waals surface area contributed by atoms with Crippen molar-refractivity contribution in [2.45, 2.75) is 31.9 Å². The number of benzene rings is 1. The van der Waals surface area contributed by atoms with Crippen molar-refractivity contribution < 1.29 is 19.4 Å². The highest BCUT2D eigenvalue weighted by Gasteiger charge is 2.21. The standard InChI is InChI=1S/C15H20N2O4/c18-14(21-11-12-5-2-1-3-6-12)16-13-7-4-9-17(10-8-13)15(19)20/h1-3,5-6,13H,4,7-11H2,(H,16,18)(H,19,20). The molecule has 0 bridgehead atoms. The number of nitrogens with zero attached hydrogens (tertiary/aromatic N) is 1. The average molecular weight is 292 g/mol. The van der Waals surface area contributed by atoms with Crippen LogP contribution in [-0.4, -0.2) is 41.3 Å². The van der Waals surface area contributed by atoms with E-state index in [4.69, 9.17) is 9.84 Å². The molecule has 1 aromatic carbocycles. The molecule has 114 valence electrons. The molecule has 1 aliphatic rings. The SMILES string of the molecule is O=C(NC1CCCN(C(=O)O)CC1)OCc1ccccc1. The maximum atomic E-state index is 11.7. The van der Waals surface area contributed by atoms with Gasteiger partial charge in [-0.25, -0.2) is 9.59 Å². The molecule has 6 heteroatoms. The minimum absolute atomic E-state index is 0.0300. The molecule has 1 atom stereocenters. The minimum atomic E-state index is -0.901. The Morgan fingerprint density at radius 1 is 1.24 bits per heavy atom. The zero-order chi connectivity index (χ0) is 15.1. The topological polar surface area (TPSA) is 78.9 Å². The van der Waals surface area contributed by atoms with Gasteiger partial charge in [0.15, 0.2) is 0 Å². The van der Waals surface area contributed by atoms with E-state index in [0.29, 0.717) is 19.5 Å². The minimum Gasteiger partial charge on any atom is -0.465 e. The van der Waals surface area contributed by atoms with Crippen molar-refractivity contribution in [2.75, 3.05) is 13.1 Å². The van der Waals surface area contributed by atoms with E-state index in [-0.39, 0.29) is 12.6 Å². The molecular formula is C15H20N2O4. The molecule has 1 aromatic rings. The fraction of sp³-hybridized carbons (Fsp3) is 0.467. The van der Waals surface area contributed by atoms with Gasteiger partial charge in [0.05, 0.1) is 0 Å². The normalized spacial score (nSPS) is 18.7. The quantitative estimate of drug-likeness (QED) is 0.897. The van der Waals surface area contributed by atoms with E-state index < -0.39 is 12.2 Å². The van der Waals surface area contributed by atoms with E-state index in [1.807, 2.05) is 30.3 Å². The maximum absolute atomic E-state index is 11.7. The average Bonchev–Trinajstić information content (AvgIpc) is 2.72. The molecule has 21 heavy (non-hydrogen) atoms. The Hall–Kier alpha value is -2.24. The maximum Gasteiger partial charge on any atom is 0.407 e. The number of likely N-dealkylation sites (tertiary alicyclic amines) is 1. The molecule has 6 nitrogen and oxygen atoms in total. The Bertz CT molecular complexity index is 478. The number of carboxylic acid groups (broad SMARTS) is 1. The summed E-state index contributed by atoms with van der Waals surface area (Å²) in [5.41, 5.74) is 0.936. The number of amides is 2. The molecule has 1 aliphatic heterocycles. The first kappa shape index (κ1) is 15.2. The molecule has 2 rings (SSSR count). The van der Waals surface area contributed by atoms with Crippen LogP contribution >= 0.6 is 0 Å². The molecule has 1 fully saturated rings. The van der Waals surface area contributed by atoms with Crippen LogP contribution in [0.5, 0.6) is 0 Å². The second kappa shape index (κ2) is 7.52. The number of alkyl carbamates (subject to hydrolysis) is 1. The summed E-state index contributed by atoms with van der Waals surface area (Å²) in [6, 6.07) is 9.44.